The van der Waals surface area contributed by atoms with Gasteiger partial charge in [-0.05, 0) is 42.6 Å². The molecule has 2 aromatic rings. The van der Waals surface area contributed by atoms with E-state index in [1.807, 2.05) is 18.2 Å². The Bertz CT molecular complexity index is 546. The molecule has 0 saturated carbocycles. The van der Waals surface area contributed by atoms with E-state index in [1.54, 1.807) is 0 Å². The van der Waals surface area contributed by atoms with Crippen molar-refractivity contribution < 1.29 is 4.52 Å². The summed E-state index contributed by atoms with van der Waals surface area (Å²) in [6.07, 6.45) is 3.22. The smallest absolute Gasteiger partial charge is 0.266 e. The summed E-state index contributed by atoms with van der Waals surface area (Å²) in [6.45, 7) is 2.65. The second kappa shape index (κ2) is 5.40. The van der Waals surface area contributed by atoms with Gasteiger partial charge in [0.1, 0.15) is 0 Å². The fourth-order valence-corrected chi connectivity index (χ4v) is 2.47. The summed E-state index contributed by atoms with van der Waals surface area (Å²) in [5.41, 5.74) is 7.78. The maximum Gasteiger partial charge on any atom is 0.266 e. The van der Waals surface area contributed by atoms with Crippen molar-refractivity contribution in [3.63, 3.8) is 0 Å². The van der Waals surface area contributed by atoms with Gasteiger partial charge >= 0.3 is 0 Å². The lowest BCUT2D eigenvalue weighted by Crippen LogP contribution is -2.18. The number of nitrogens with two attached hydrogens (primary N) is 1. The molecule has 5 heteroatoms. The van der Waals surface area contributed by atoms with Gasteiger partial charge in [0, 0.05) is 18.7 Å². The molecule has 2 N–H and O–H groups in total. The van der Waals surface area contributed by atoms with E-state index in [0.29, 0.717) is 18.4 Å². The first-order valence-electron chi connectivity index (χ1n) is 6.75. The molecule has 1 fully saturated rings. The highest BCUT2D eigenvalue weighted by Gasteiger charge is 2.19. The number of aromatic nitrogens is 2. The van der Waals surface area contributed by atoms with Crippen LogP contribution in [0.15, 0.2) is 28.8 Å². The second-order valence-corrected chi connectivity index (χ2v) is 4.79. The summed E-state index contributed by atoms with van der Waals surface area (Å²) in [6, 6.07) is 8.05. The largest absolute Gasteiger partial charge is 0.338 e. The van der Waals surface area contributed by atoms with Crippen molar-refractivity contribution in [3.05, 3.63) is 29.8 Å². The Kier molecular flexibility index (Phi) is 3.46. The van der Waals surface area contributed by atoms with Gasteiger partial charge in [-0.15, -0.1) is 0 Å². The molecule has 1 aromatic heterocycles. The van der Waals surface area contributed by atoms with E-state index >= 15 is 0 Å². The number of anilines is 1. The summed E-state index contributed by atoms with van der Waals surface area (Å²) in [5.74, 6) is 1.29. The van der Waals surface area contributed by atoms with Crippen LogP contribution in [-0.4, -0.2) is 29.8 Å². The Morgan fingerprint density at radius 3 is 2.79 bits per heavy atom. The molecule has 0 atom stereocenters. The van der Waals surface area contributed by atoms with Crippen LogP contribution in [0.1, 0.15) is 18.4 Å². The lowest BCUT2D eigenvalue weighted by atomic mass is 10.0. The number of nitrogens with zero attached hydrogens (tertiary/aromatic N) is 3. The summed E-state index contributed by atoms with van der Waals surface area (Å²) >= 11 is 0. The zero-order valence-electron chi connectivity index (χ0n) is 10.9. The highest BCUT2D eigenvalue weighted by atomic mass is 16.5. The molecular weight excluding hydrogens is 240 g/mol. The van der Waals surface area contributed by atoms with Crippen LogP contribution >= 0.6 is 0 Å². The van der Waals surface area contributed by atoms with Crippen LogP contribution in [-0.2, 0) is 6.42 Å². The van der Waals surface area contributed by atoms with Gasteiger partial charge in [0.05, 0.1) is 0 Å². The van der Waals surface area contributed by atoms with Crippen LogP contribution in [0.4, 0.5) is 5.95 Å². The molecule has 5 nitrogen and oxygen atoms in total. The molecule has 2 heterocycles. The van der Waals surface area contributed by atoms with Gasteiger partial charge in [-0.25, -0.2) is 0 Å². The summed E-state index contributed by atoms with van der Waals surface area (Å²) in [5, 5.41) is 4.08. The fraction of sp³-hybridized carbons (Fsp3) is 0.429. The predicted octanol–water partition coefficient (Wildman–Crippen LogP) is 1.84. The van der Waals surface area contributed by atoms with E-state index in [-0.39, 0.29) is 0 Å². The number of hydrogen-bond donors (Lipinski definition) is 1. The lowest BCUT2D eigenvalue weighted by molar-refractivity contribution is 0.429. The summed E-state index contributed by atoms with van der Waals surface area (Å²) in [7, 11) is 0. The second-order valence-electron chi connectivity index (χ2n) is 4.79. The van der Waals surface area contributed by atoms with E-state index in [4.69, 9.17) is 10.3 Å². The zero-order valence-corrected chi connectivity index (χ0v) is 10.9. The molecule has 3 rings (SSSR count). The summed E-state index contributed by atoms with van der Waals surface area (Å²) < 4.78 is 5.41. The number of rotatable bonds is 4. The molecule has 1 aliphatic heterocycles. The maximum atomic E-state index is 5.64. The zero-order chi connectivity index (χ0) is 13.1. The van der Waals surface area contributed by atoms with E-state index in [2.05, 4.69) is 21.1 Å². The third kappa shape index (κ3) is 2.46. The minimum atomic E-state index is 0.589. The van der Waals surface area contributed by atoms with Crippen LogP contribution in [0.2, 0.25) is 0 Å². The molecule has 1 aromatic carbocycles. The van der Waals surface area contributed by atoms with Crippen LogP contribution in [0.5, 0.6) is 0 Å². The normalized spacial score (nSPS) is 15.1. The molecular formula is C14H18N4O. The first-order chi connectivity index (χ1) is 9.38. The van der Waals surface area contributed by atoms with Crippen LogP contribution in [0, 0.1) is 0 Å². The quantitative estimate of drug-likeness (QED) is 0.906. The van der Waals surface area contributed by atoms with E-state index < -0.39 is 0 Å². The van der Waals surface area contributed by atoms with Gasteiger partial charge in [-0.3, -0.25) is 0 Å². The fourth-order valence-electron chi connectivity index (χ4n) is 2.47. The van der Waals surface area contributed by atoms with Gasteiger partial charge in [0.25, 0.3) is 11.8 Å². The van der Waals surface area contributed by atoms with E-state index in [9.17, 15) is 0 Å². The van der Waals surface area contributed by atoms with E-state index in [1.165, 1.54) is 12.8 Å². The molecule has 0 aliphatic carbocycles. The molecule has 0 spiro atoms. The minimum absolute atomic E-state index is 0.589. The number of benzene rings is 1. The highest BCUT2D eigenvalue weighted by Crippen LogP contribution is 2.25. The van der Waals surface area contributed by atoms with Crippen molar-refractivity contribution in [1.82, 2.24) is 10.1 Å². The van der Waals surface area contributed by atoms with Gasteiger partial charge in [-0.2, -0.15) is 4.98 Å². The molecule has 1 aliphatic rings. The minimum Gasteiger partial charge on any atom is -0.338 e. The van der Waals surface area contributed by atoms with Crippen LogP contribution in [0.25, 0.3) is 11.5 Å². The van der Waals surface area contributed by atoms with Crippen LogP contribution < -0.4 is 10.6 Å². The van der Waals surface area contributed by atoms with Crippen molar-refractivity contribution in [3.8, 4) is 11.5 Å². The Hall–Kier alpha value is -1.88. The van der Waals surface area contributed by atoms with Crippen LogP contribution in [0.3, 0.4) is 0 Å². The van der Waals surface area contributed by atoms with Crippen molar-refractivity contribution in [2.75, 3.05) is 24.5 Å². The highest BCUT2D eigenvalue weighted by molar-refractivity contribution is 5.59. The molecule has 0 unspecified atom stereocenters. The molecule has 19 heavy (non-hydrogen) atoms. The third-order valence-electron chi connectivity index (χ3n) is 3.47. The van der Waals surface area contributed by atoms with Gasteiger partial charge in [0.2, 0.25) is 0 Å². The molecule has 1 saturated heterocycles. The van der Waals surface area contributed by atoms with Crippen molar-refractivity contribution in [2.24, 2.45) is 5.73 Å². The lowest BCUT2D eigenvalue weighted by Gasteiger charge is -2.09. The third-order valence-corrected chi connectivity index (χ3v) is 3.47. The molecule has 100 valence electrons. The summed E-state index contributed by atoms with van der Waals surface area (Å²) in [4.78, 5) is 6.68. The Morgan fingerprint density at radius 1 is 1.21 bits per heavy atom. The molecule has 0 amide bonds. The van der Waals surface area contributed by atoms with E-state index in [0.717, 1.165) is 30.6 Å². The predicted molar refractivity (Wildman–Crippen MR) is 73.9 cm³/mol. The SMILES string of the molecule is NCCc1ccccc1-c1nc(N2CCCC2)no1. The Balaban J connectivity index is 1.89. The van der Waals surface area contributed by atoms with Gasteiger partial charge in [-0.1, -0.05) is 18.2 Å². The topological polar surface area (TPSA) is 68.2 Å². The van der Waals surface area contributed by atoms with Gasteiger partial charge in [0.15, 0.2) is 0 Å². The van der Waals surface area contributed by atoms with Crippen molar-refractivity contribution in [2.45, 2.75) is 19.3 Å². The Labute approximate surface area is 112 Å². The Morgan fingerprint density at radius 2 is 2.00 bits per heavy atom. The average molecular weight is 258 g/mol. The monoisotopic (exact) mass is 258 g/mol. The molecule has 0 radical (unpaired) electrons. The first kappa shape index (κ1) is 12.2. The average Bonchev–Trinajstić information content (AvgIpc) is 3.11. The standard InChI is InChI=1S/C14H18N4O/c15-8-7-11-5-1-2-6-12(11)13-16-14(17-19-13)18-9-3-4-10-18/h1-2,5-6H,3-4,7-10,15H2. The maximum absolute atomic E-state index is 5.64. The van der Waals surface area contributed by atoms with Gasteiger partial charge < -0.3 is 15.2 Å². The van der Waals surface area contributed by atoms with Crippen molar-refractivity contribution in [1.29, 1.82) is 0 Å². The number of hydrogen-bond acceptors (Lipinski definition) is 5. The van der Waals surface area contributed by atoms with Crippen molar-refractivity contribution >= 4 is 5.95 Å². The first-order valence-corrected chi connectivity index (χ1v) is 6.75. The molecule has 0 bridgehead atoms.